The molecule has 2 heterocycles. The molecule has 1 fully saturated rings. The van der Waals surface area contributed by atoms with Crippen LogP contribution < -0.4 is 10.5 Å². The quantitative estimate of drug-likeness (QED) is 0.918. The molecule has 1 atom stereocenters. The SMILES string of the molecule is NC1(c2nc(C3COc4ccccc43)no2)CCCCC1. The second-order valence-electron chi connectivity index (χ2n) is 6.08. The fourth-order valence-electron chi connectivity index (χ4n) is 3.35. The second kappa shape index (κ2) is 4.84. The topological polar surface area (TPSA) is 74.2 Å². The highest BCUT2D eigenvalue weighted by Crippen LogP contribution is 2.38. The summed E-state index contributed by atoms with van der Waals surface area (Å²) in [6, 6.07) is 8.01. The minimum atomic E-state index is -0.442. The Hall–Kier alpha value is -1.88. The highest BCUT2D eigenvalue weighted by molar-refractivity contribution is 5.42. The van der Waals surface area contributed by atoms with Crippen molar-refractivity contribution >= 4 is 0 Å². The number of benzene rings is 1. The molecule has 0 bridgehead atoms. The van der Waals surface area contributed by atoms with Crippen LogP contribution in [-0.4, -0.2) is 16.7 Å². The molecule has 2 N–H and O–H groups in total. The van der Waals surface area contributed by atoms with Crippen molar-refractivity contribution in [1.82, 2.24) is 10.1 Å². The summed E-state index contributed by atoms with van der Waals surface area (Å²) in [4.78, 5) is 4.60. The zero-order valence-electron chi connectivity index (χ0n) is 11.9. The number of para-hydroxylation sites is 1. The molecule has 4 rings (SSSR count). The van der Waals surface area contributed by atoms with Crippen LogP contribution in [0.1, 0.15) is 55.3 Å². The third kappa shape index (κ3) is 2.12. The first kappa shape index (κ1) is 12.8. The smallest absolute Gasteiger partial charge is 0.246 e. The maximum absolute atomic E-state index is 6.46. The average Bonchev–Trinajstić information content (AvgIpc) is 3.15. The number of fused-ring (bicyclic) bond motifs is 1. The van der Waals surface area contributed by atoms with Gasteiger partial charge in [-0.2, -0.15) is 4.98 Å². The first-order chi connectivity index (χ1) is 10.3. The van der Waals surface area contributed by atoms with Crippen molar-refractivity contribution in [2.75, 3.05) is 6.61 Å². The van der Waals surface area contributed by atoms with E-state index in [0.717, 1.165) is 37.0 Å². The number of nitrogens with two attached hydrogens (primary N) is 1. The van der Waals surface area contributed by atoms with E-state index < -0.39 is 5.54 Å². The Balaban J connectivity index is 1.64. The predicted molar refractivity (Wildman–Crippen MR) is 77.0 cm³/mol. The number of ether oxygens (including phenoxy) is 1. The summed E-state index contributed by atoms with van der Waals surface area (Å²) in [5.41, 5.74) is 7.14. The maximum Gasteiger partial charge on any atom is 0.246 e. The van der Waals surface area contributed by atoms with Crippen molar-refractivity contribution in [3.8, 4) is 5.75 Å². The van der Waals surface area contributed by atoms with Crippen molar-refractivity contribution in [1.29, 1.82) is 0 Å². The molecule has 5 heteroatoms. The second-order valence-corrected chi connectivity index (χ2v) is 6.08. The molecule has 1 aromatic heterocycles. The molecule has 2 aliphatic rings. The van der Waals surface area contributed by atoms with Gasteiger partial charge in [-0.25, -0.2) is 0 Å². The lowest BCUT2D eigenvalue weighted by molar-refractivity contribution is 0.219. The molecule has 0 amide bonds. The van der Waals surface area contributed by atoms with Crippen molar-refractivity contribution in [2.45, 2.75) is 43.6 Å². The Kier molecular flexibility index (Phi) is 2.96. The van der Waals surface area contributed by atoms with E-state index in [2.05, 4.69) is 16.2 Å². The summed E-state index contributed by atoms with van der Waals surface area (Å²) < 4.78 is 11.2. The van der Waals surface area contributed by atoms with Crippen molar-refractivity contribution in [3.63, 3.8) is 0 Å². The first-order valence-electron chi connectivity index (χ1n) is 7.61. The lowest BCUT2D eigenvalue weighted by atomic mass is 9.82. The molecule has 1 aromatic carbocycles. The predicted octanol–water partition coefficient (Wildman–Crippen LogP) is 2.71. The zero-order chi connectivity index (χ0) is 14.3. The largest absolute Gasteiger partial charge is 0.492 e. The molecule has 110 valence electrons. The Morgan fingerprint density at radius 2 is 1.95 bits per heavy atom. The van der Waals surface area contributed by atoms with Crippen LogP contribution in [0.2, 0.25) is 0 Å². The summed E-state index contributed by atoms with van der Waals surface area (Å²) in [5.74, 6) is 2.23. The summed E-state index contributed by atoms with van der Waals surface area (Å²) in [6.45, 7) is 0.565. The number of hydrogen-bond acceptors (Lipinski definition) is 5. The van der Waals surface area contributed by atoms with Crippen LogP contribution in [0.15, 0.2) is 28.8 Å². The highest BCUT2D eigenvalue weighted by atomic mass is 16.5. The molecule has 21 heavy (non-hydrogen) atoms. The molecule has 1 aliphatic carbocycles. The van der Waals surface area contributed by atoms with Gasteiger partial charge in [0, 0.05) is 5.56 Å². The van der Waals surface area contributed by atoms with Crippen molar-refractivity contribution in [3.05, 3.63) is 41.5 Å². The Labute approximate surface area is 123 Å². The normalized spacial score (nSPS) is 23.6. The molecule has 1 saturated carbocycles. The Bertz CT molecular complexity index is 646. The minimum Gasteiger partial charge on any atom is -0.492 e. The van der Waals surface area contributed by atoms with Gasteiger partial charge in [0.15, 0.2) is 5.82 Å². The zero-order valence-corrected chi connectivity index (χ0v) is 11.9. The van der Waals surface area contributed by atoms with Crippen LogP contribution in [0.4, 0.5) is 0 Å². The van der Waals surface area contributed by atoms with Crippen LogP contribution in [0.25, 0.3) is 0 Å². The lowest BCUT2D eigenvalue weighted by Gasteiger charge is -2.29. The van der Waals surface area contributed by atoms with Gasteiger partial charge in [-0.05, 0) is 18.9 Å². The summed E-state index contributed by atoms with van der Waals surface area (Å²) >= 11 is 0. The summed E-state index contributed by atoms with van der Waals surface area (Å²) in [7, 11) is 0. The monoisotopic (exact) mass is 285 g/mol. The minimum absolute atomic E-state index is 0.0471. The molecule has 0 saturated heterocycles. The van der Waals surface area contributed by atoms with Gasteiger partial charge >= 0.3 is 0 Å². The third-order valence-electron chi connectivity index (χ3n) is 4.63. The van der Waals surface area contributed by atoms with Gasteiger partial charge < -0.3 is 15.0 Å². The number of nitrogens with zero attached hydrogens (tertiary/aromatic N) is 2. The molecule has 5 nitrogen and oxygen atoms in total. The molecule has 2 aromatic rings. The molecular formula is C16H19N3O2. The molecular weight excluding hydrogens is 266 g/mol. The van der Waals surface area contributed by atoms with Crippen LogP contribution >= 0.6 is 0 Å². The standard InChI is InChI=1S/C16H19N3O2/c17-16(8-4-1-5-9-16)15-18-14(19-21-15)12-10-20-13-7-3-2-6-11(12)13/h2-3,6-7,12H,1,4-5,8-10,17H2. The van der Waals surface area contributed by atoms with E-state index in [-0.39, 0.29) is 5.92 Å². The Morgan fingerprint density at radius 1 is 1.14 bits per heavy atom. The summed E-state index contributed by atoms with van der Waals surface area (Å²) in [6.07, 6.45) is 5.34. The van der Waals surface area contributed by atoms with E-state index in [1.165, 1.54) is 6.42 Å². The van der Waals surface area contributed by atoms with Gasteiger partial charge in [-0.15, -0.1) is 0 Å². The van der Waals surface area contributed by atoms with E-state index in [4.69, 9.17) is 15.0 Å². The average molecular weight is 285 g/mol. The number of hydrogen-bond donors (Lipinski definition) is 1. The van der Waals surface area contributed by atoms with E-state index in [0.29, 0.717) is 18.3 Å². The first-order valence-corrected chi connectivity index (χ1v) is 7.61. The number of rotatable bonds is 2. The fraction of sp³-hybridized carbons (Fsp3) is 0.500. The van der Waals surface area contributed by atoms with Gasteiger partial charge in [0.2, 0.25) is 5.89 Å². The van der Waals surface area contributed by atoms with Gasteiger partial charge in [0.05, 0.1) is 11.5 Å². The molecule has 0 spiro atoms. The van der Waals surface area contributed by atoms with Gasteiger partial charge in [0.1, 0.15) is 12.4 Å². The third-order valence-corrected chi connectivity index (χ3v) is 4.63. The van der Waals surface area contributed by atoms with E-state index in [1.807, 2.05) is 18.2 Å². The van der Waals surface area contributed by atoms with Crippen molar-refractivity contribution < 1.29 is 9.26 Å². The Morgan fingerprint density at radius 3 is 2.81 bits per heavy atom. The van der Waals surface area contributed by atoms with Gasteiger partial charge in [-0.3, -0.25) is 0 Å². The van der Waals surface area contributed by atoms with Crippen LogP contribution in [0.5, 0.6) is 5.75 Å². The van der Waals surface area contributed by atoms with Crippen molar-refractivity contribution in [2.24, 2.45) is 5.73 Å². The van der Waals surface area contributed by atoms with Crippen LogP contribution in [-0.2, 0) is 5.54 Å². The van der Waals surface area contributed by atoms with Gasteiger partial charge in [0.25, 0.3) is 0 Å². The van der Waals surface area contributed by atoms with E-state index >= 15 is 0 Å². The molecule has 1 aliphatic heterocycles. The highest BCUT2D eigenvalue weighted by Gasteiger charge is 2.37. The van der Waals surface area contributed by atoms with Gasteiger partial charge in [-0.1, -0.05) is 42.6 Å². The molecule has 0 radical (unpaired) electrons. The van der Waals surface area contributed by atoms with Crippen LogP contribution in [0.3, 0.4) is 0 Å². The fourth-order valence-corrected chi connectivity index (χ4v) is 3.35. The van der Waals surface area contributed by atoms with E-state index in [1.54, 1.807) is 0 Å². The maximum atomic E-state index is 6.46. The number of aromatic nitrogens is 2. The lowest BCUT2D eigenvalue weighted by Crippen LogP contribution is -2.39. The molecule has 1 unspecified atom stereocenters. The van der Waals surface area contributed by atoms with Crippen LogP contribution in [0, 0.1) is 0 Å². The summed E-state index contributed by atoms with van der Waals surface area (Å²) in [5, 5.41) is 4.17. The van der Waals surface area contributed by atoms with E-state index in [9.17, 15) is 0 Å².